The molecule has 144 valence electrons. The lowest BCUT2D eigenvalue weighted by atomic mass is 10.1. The van der Waals surface area contributed by atoms with Gasteiger partial charge in [0.1, 0.15) is 0 Å². The first-order chi connectivity index (χ1) is 12.7. The maximum absolute atomic E-state index is 12.3. The number of ether oxygens (including phenoxy) is 1. The van der Waals surface area contributed by atoms with Crippen molar-refractivity contribution >= 4 is 23.6 Å². The van der Waals surface area contributed by atoms with Gasteiger partial charge in [0.2, 0.25) is 0 Å². The second-order valence-corrected chi connectivity index (χ2v) is 6.78. The molecule has 1 unspecified atom stereocenters. The number of carbonyl (C=O) groups excluding carboxylic acids is 2. The molecule has 1 N–H and O–H groups in total. The molecule has 0 radical (unpaired) electrons. The molecule has 0 heterocycles. The van der Waals surface area contributed by atoms with Crippen molar-refractivity contribution in [1.82, 2.24) is 5.32 Å². The lowest BCUT2D eigenvalue weighted by molar-refractivity contribution is -0.129. The molecule has 2 aromatic rings. The molecule has 0 aromatic heterocycles. The highest BCUT2D eigenvalue weighted by molar-refractivity contribution is 8.00. The maximum Gasteiger partial charge on any atom is 0.446 e. The van der Waals surface area contributed by atoms with E-state index in [0.29, 0.717) is 13.0 Å². The fraction of sp³-hybridized carbons (Fsp3) is 0.263. The molecule has 2 rings (SSSR count). The zero-order chi connectivity index (χ0) is 19.9. The first-order valence-electron chi connectivity index (χ1n) is 8.13. The maximum atomic E-state index is 12.3. The standard InChI is InChI=1S/C19H18F3NO3S/c1-13(17(24)23-12-11-14-5-3-2-4-6-14)26-18(25)15-7-9-16(10-8-15)27-19(20,21)22/h2-10,13H,11-12H2,1H3,(H,23,24). The average Bonchev–Trinajstić information content (AvgIpc) is 2.61. The Labute approximate surface area is 159 Å². The summed E-state index contributed by atoms with van der Waals surface area (Å²) < 4.78 is 42.0. The second kappa shape index (κ2) is 9.45. The van der Waals surface area contributed by atoms with E-state index in [-0.39, 0.29) is 22.2 Å². The lowest BCUT2D eigenvalue weighted by Gasteiger charge is -2.14. The lowest BCUT2D eigenvalue weighted by Crippen LogP contribution is -2.36. The van der Waals surface area contributed by atoms with E-state index in [9.17, 15) is 22.8 Å². The van der Waals surface area contributed by atoms with Crippen LogP contribution in [-0.4, -0.2) is 30.0 Å². The van der Waals surface area contributed by atoms with Gasteiger partial charge in [-0.3, -0.25) is 4.79 Å². The molecule has 0 aliphatic carbocycles. The van der Waals surface area contributed by atoms with Gasteiger partial charge in [0, 0.05) is 11.4 Å². The summed E-state index contributed by atoms with van der Waals surface area (Å²) in [7, 11) is 0. The Bertz CT molecular complexity index is 764. The van der Waals surface area contributed by atoms with Crippen molar-refractivity contribution in [3.05, 3.63) is 65.7 Å². The van der Waals surface area contributed by atoms with Crippen molar-refractivity contribution in [3.63, 3.8) is 0 Å². The summed E-state index contributed by atoms with van der Waals surface area (Å²) in [6, 6.07) is 14.4. The molecular weight excluding hydrogens is 379 g/mol. The largest absolute Gasteiger partial charge is 0.449 e. The highest BCUT2D eigenvalue weighted by Gasteiger charge is 2.29. The molecule has 1 amide bonds. The molecule has 0 aliphatic heterocycles. The van der Waals surface area contributed by atoms with Crippen molar-refractivity contribution in [2.24, 2.45) is 0 Å². The molecule has 0 bridgehead atoms. The van der Waals surface area contributed by atoms with Gasteiger partial charge in [-0.2, -0.15) is 13.2 Å². The minimum absolute atomic E-state index is 0.0363. The van der Waals surface area contributed by atoms with E-state index in [2.05, 4.69) is 5.32 Å². The van der Waals surface area contributed by atoms with Crippen molar-refractivity contribution in [3.8, 4) is 0 Å². The van der Waals surface area contributed by atoms with Crippen molar-refractivity contribution in [2.75, 3.05) is 6.54 Å². The Morgan fingerprint density at radius 1 is 1.07 bits per heavy atom. The van der Waals surface area contributed by atoms with Crippen LogP contribution in [0.15, 0.2) is 59.5 Å². The Kier molecular flexibility index (Phi) is 7.29. The van der Waals surface area contributed by atoms with E-state index in [1.807, 2.05) is 30.3 Å². The van der Waals surface area contributed by atoms with Gasteiger partial charge in [-0.25, -0.2) is 4.79 Å². The van der Waals surface area contributed by atoms with E-state index in [0.717, 1.165) is 5.56 Å². The van der Waals surface area contributed by atoms with Gasteiger partial charge in [0.05, 0.1) is 5.56 Å². The van der Waals surface area contributed by atoms with Gasteiger partial charge in [0.25, 0.3) is 5.91 Å². The molecule has 27 heavy (non-hydrogen) atoms. The molecular formula is C19H18F3NO3S. The Morgan fingerprint density at radius 2 is 1.70 bits per heavy atom. The number of benzene rings is 2. The predicted octanol–water partition coefficient (Wildman–Crippen LogP) is 4.20. The van der Waals surface area contributed by atoms with E-state index in [4.69, 9.17) is 4.74 Å². The molecule has 4 nitrogen and oxygen atoms in total. The van der Waals surface area contributed by atoms with Gasteiger partial charge in [-0.15, -0.1) is 0 Å². The van der Waals surface area contributed by atoms with Crippen LogP contribution in [0.2, 0.25) is 0 Å². The summed E-state index contributed by atoms with van der Waals surface area (Å²) in [5.41, 5.74) is -3.25. The van der Waals surface area contributed by atoms with Crippen LogP contribution in [0.4, 0.5) is 13.2 Å². The summed E-state index contributed by atoms with van der Waals surface area (Å²) in [5, 5.41) is 2.68. The molecule has 0 aliphatic rings. The number of hydrogen-bond donors (Lipinski definition) is 1. The zero-order valence-corrected chi connectivity index (χ0v) is 15.3. The number of alkyl halides is 3. The van der Waals surface area contributed by atoms with Crippen LogP contribution in [-0.2, 0) is 16.0 Å². The fourth-order valence-electron chi connectivity index (χ4n) is 2.19. The number of carbonyl (C=O) groups is 2. The van der Waals surface area contributed by atoms with Crippen LogP contribution in [0, 0.1) is 0 Å². The number of thioether (sulfide) groups is 1. The van der Waals surface area contributed by atoms with Gasteiger partial charge in [0.15, 0.2) is 6.10 Å². The summed E-state index contributed by atoms with van der Waals surface area (Å²) in [4.78, 5) is 24.0. The van der Waals surface area contributed by atoms with Crippen LogP contribution in [0.3, 0.4) is 0 Å². The van der Waals surface area contributed by atoms with Crippen LogP contribution in [0.1, 0.15) is 22.8 Å². The third-order valence-electron chi connectivity index (χ3n) is 3.53. The Hall–Kier alpha value is -2.48. The molecule has 0 spiro atoms. The van der Waals surface area contributed by atoms with Gasteiger partial charge in [-0.1, -0.05) is 30.3 Å². The number of rotatable bonds is 7. The van der Waals surface area contributed by atoms with Crippen molar-refractivity contribution in [1.29, 1.82) is 0 Å². The van der Waals surface area contributed by atoms with Gasteiger partial charge >= 0.3 is 11.5 Å². The molecule has 0 saturated carbocycles. The first-order valence-corrected chi connectivity index (χ1v) is 8.94. The van der Waals surface area contributed by atoms with E-state index in [1.165, 1.54) is 31.2 Å². The summed E-state index contributed by atoms with van der Waals surface area (Å²) in [6.07, 6.45) is -0.372. The van der Waals surface area contributed by atoms with Crippen LogP contribution < -0.4 is 5.32 Å². The smallest absolute Gasteiger partial charge is 0.446 e. The number of nitrogens with one attached hydrogen (secondary N) is 1. The second-order valence-electron chi connectivity index (χ2n) is 5.65. The highest BCUT2D eigenvalue weighted by Crippen LogP contribution is 2.36. The monoisotopic (exact) mass is 397 g/mol. The number of halogens is 3. The van der Waals surface area contributed by atoms with E-state index >= 15 is 0 Å². The average molecular weight is 397 g/mol. The minimum atomic E-state index is -4.39. The van der Waals surface area contributed by atoms with Gasteiger partial charge < -0.3 is 10.1 Å². The van der Waals surface area contributed by atoms with Crippen LogP contribution >= 0.6 is 11.8 Å². The predicted molar refractivity (Wildman–Crippen MR) is 96.4 cm³/mol. The third-order valence-corrected chi connectivity index (χ3v) is 4.27. The highest BCUT2D eigenvalue weighted by atomic mass is 32.2. The Morgan fingerprint density at radius 3 is 2.30 bits per heavy atom. The quantitative estimate of drug-likeness (QED) is 0.562. The number of amides is 1. The van der Waals surface area contributed by atoms with Crippen molar-refractivity contribution < 1.29 is 27.5 Å². The SMILES string of the molecule is CC(OC(=O)c1ccc(SC(F)(F)F)cc1)C(=O)NCCc1ccccc1. The molecule has 0 fully saturated rings. The topological polar surface area (TPSA) is 55.4 Å². The fourth-order valence-corrected chi connectivity index (χ4v) is 2.73. The summed E-state index contributed by atoms with van der Waals surface area (Å²) >= 11 is -0.269. The van der Waals surface area contributed by atoms with E-state index < -0.39 is 23.5 Å². The Balaban J connectivity index is 1.80. The van der Waals surface area contributed by atoms with E-state index in [1.54, 1.807) is 0 Å². The normalized spacial score (nSPS) is 12.3. The third kappa shape index (κ3) is 7.34. The number of hydrogen-bond acceptors (Lipinski definition) is 4. The molecule has 1 atom stereocenters. The summed E-state index contributed by atoms with van der Waals surface area (Å²) in [6.45, 7) is 1.83. The molecule has 8 heteroatoms. The molecule has 0 saturated heterocycles. The van der Waals surface area contributed by atoms with Crippen LogP contribution in [0.25, 0.3) is 0 Å². The summed E-state index contributed by atoms with van der Waals surface area (Å²) in [5.74, 6) is -1.22. The minimum Gasteiger partial charge on any atom is -0.449 e. The van der Waals surface area contributed by atoms with Crippen molar-refractivity contribution in [2.45, 2.75) is 29.9 Å². The first kappa shape index (κ1) is 20.8. The zero-order valence-electron chi connectivity index (χ0n) is 14.5. The molecule has 2 aromatic carbocycles. The van der Waals surface area contributed by atoms with Crippen LogP contribution in [0.5, 0.6) is 0 Å². The van der Waals surface area contributed by atoms with Gasteiger partial charge in [-0.05, 0) is 54.9 Å². The number of esters is 1.